The van der Waals surface area contributed by atoms with Crippen molar-refractivity contribution in [2.24, 2.45) is 0 Å². The minimum atomic E-state index is -0.274. The summed E-state index contributed by atoms with van der Waals surface area (Å²) in [5.41, 5.74) is 1.11. The molecule has 1 amide bonds. The number of anilines is 1. The number of para-hydroxylation sites is 1. The first-order chi connectivity index (χ1) is 9.74. The fourth-order valence-corrected chi connectivity index (χ4v) is 2.58. The Morgan fingerprint density at radius 3 is 2.50 bits per heavy atom. The number of amides is 1. The lowest BCUT2D eigenvalue weighted by atomic mass is 10.2. The van der Waals surface area contributed by atoms with Crippen LogP contribution in [0.1, 0.15) is 10.4 Å². The standard InChI is InChI=1S/C15H10N2O2S/c18-13(10-6-2-1-3-7-10)17-15-16-12-9-5-4-8-11(12)14(19)20-15/h1-9H,(H,16,17,18). The number of nitrogens with zero attached hydrogens (tertiary/aromatic N) is 1. The molecule has 3 rings (SSSR count). The largest absolute Gasteiger partial charge is 0.298 e. The van der Waals surface area contributed by atoms with Crippen LogP contribution in [0.25, 0.3) is 10.9 Å². The van der Waals surface area contributed by atoms with Gasteiger partial charge in [-0.15, -0.1) is 0 Å². The second-order valence-corrected chi connectivity index (χ2v) is 5.11. The molecule has 0 radical (unpaired) electrons. The summed E-state index contributed by atoms with van der Waals surface area (Å²) in [6.07, 6.45) is 0. The number of nitrogens with one attached hydrogen (secondary N) is 1. The van der Waals surface area contributed by atoms with Crippen LogP contribution in [-0.2, 0) is 0 Å². The minimum absolute atomic E-state index is 0.112. The second kappa shape index (κ2) is 5.22. The highest BCUT2D eigenvalue weighted by Gasteiger charge is 2.09. The number of aromatic nitrogens is 1. The van der Waals surface area contributed by atoms with E-state index in [2.05, 4.69) is 10.3 Å². The molecule has 0 aliphatic heterocycles. The monoisotopic (exact) mass is 282 g/mol. The molecule has 1 heterocycles. The van der Waals surface area contributed by atoms with Gasteiger partial charge in [-0.05, 0) is 24.3 Å². The Bertz CT molecular complexity index is 828. The number of rotatable bonds is 2. The second-order valence-electron chi connectivity index (χ2n) is 4.14. The molecule has 2 aromatic carbocycles. The maximum Gasteiger partial charge on any atom is 0.257 e. The summed E-state index contributed by atoms with van der Waals surface area (Å²) in [5.74, 6) is -0.274. The molecule has 0 unspecified atom stereocenters. The Morgan fingerprint density at radius 1 is 1.00 bits per heavy atom. The first-order valence-corrected chi connectivity index (χ1v) is 6.82. The summed E-state index contributed by atoms with van der Waals surface area (Å²) >= 11 is 0.931. The van der Waals surface area contributed by atoms with Crippen LogP contribution < -0.4 is 10.1 Å². The van der Waals surface area contributed by atoms with Gasteiger partial charge in [0, 0.05) is 5.56 Å². The van der Waals surface area contributed by atoms with Crippen LogP contribution in [0.3, 0.4) is 0 Å². The normalized spacial score (nSPS) is 10.4. The molecule has 0 saturated heterocycles. The number of benzene rings is 2. The van der Waals surface area contributed by atoms with Gasteiger partial charge in [0.15, 0.2) is 5.13 Å². The smallest absolute Gasteiger partial charge is 0.257 e. The van der Waals surface area contributed by atoms with E-state index in [1.807, 2.05) is 12.1 Å². The summed E-state index contributed by atoms with van der Waals surface area (Å²) in [6, 6.07) is 15.9. The van der Waals surface area contributed by atoms with E-state index in [0.29, 0.717) is 21.6 Å². The average molecular weight is 282 g/mol. The Balaban J connectivity index is 1.96. The van der Waals surface area contributed by atoms with Crippen LogP contribution in [0.2, 0.25) is 0 Å². The molecule has 98 valence electrons. The van der Waals surface area contributed by atoms with Gasteiger partial charge in [-0.2, -0.15) is 0 Å². The highest BCUT2D eigenvalue weighted by atomic mass is 32.1. The van der Waals surface area contributed by atoms with Crippen LogP contribution in [0, 0.1) is 0 Å². The Labute approximate surface area is 118 Å². The third kappa shape index (κ3) is 2.44. The summed E-state index contributed by atoms with van der Waals surface area (Å²) < 4.78 is -0.112. The van der Waals surface area contributed by atoms with Crippen molar-refractivity contribution >= 4 is 33.3 Å². The third-order valence-electron chi connectivity index (χ3n) is 2.79. The molecule has 0 atom stereocenters. The molecule has 20 heavy (non-hydrogen) atoms. The molecule has 0 aliphatic rings. The number of carbonyl (C=O) groups excluding carboxylic acids is 1. The number of carbonyl (C=O) groups is 1. The molecular weight excluding hydrogens is 272 g/mol. The molecule has 0 bridgehead atoms. The van der Waals surface area contributed by atoms with E-state index in [-0.39, 0.29) is 10.6 Å². The van der Waals surface area contributed by atoms with Crippen molar-refractivity contribution < 1.29 is 4.79 Å². The SMILES string of the molecule is O=C(Nc1nc2ccccc2c(=O)s1)c1ccccc1. The first kappa shape index (κ1) is 12.5. The molecule has 0 fully saturated rings. The molecule has 1 N–H and O–H groups in total. The Kier molecular flexibility index (Phi) is 3.26. The van der Waals surface area contributed by atoms with E-state index in [1.54, 1.807) is 42.5 Å². The molecule has 0 spiro atoms. The molecule has 0 saturated carbocycles. The zero-order chi connectivity index (χ0) is 13.9. The van der Waals surface area contributed by atoms with Gasteiger partial charge < -0.3 is 0 Å². The number of hydrogen-bond donors (Lipinski definition) is 1. The summed E-state index contributed by atoms with van der Waals surface area (Å²) in [6.45, 7) is 0. The maximum absolute atomic E-state index is 12.0. The van der Waals surface area contributed by atoms with Gasteiger partial charge in [-0.3, -0.25) is 14.9 Å². The van der Waals surface area contributed by atoms with Gasteiger partial charge in [-0.25, -0.2) is 4.98 Å². The van der Waals surface area contributed by atoms with Gasteiger partial charge in [0.2, 0.25) is 4.74 Å². The van der Waals surface area contributed by atoms with E-state index < -0.39 is 0 Å². The average Bonchev–Trinajstić information content (AvgIpc) is 2.48. The minimum Gasteiger partial charge on any atom is -0.298 e. The van der Waals surface area contributed by atoms with Crippen molar-refractivity contribution in [1.82, 2.24) is 4.98 Å². The van der Waals surface area contributed by atoms with Gasteiger partial charge in [0.25, 0.3) is 5.91 Å². The summed E-state index contributed by atoms with van der Waals surface area (Å²) in [5, 5.41) is 3.53. The summed E-state index contributed by atoms with van der Waals surface area (Å²) in [7, 11) is 0. The fraction of sp³-hybridized carbons (Fsp3) is 0. The predicted molar refractivity (Wildman–Crippen MR) is 80.3 cm³/mol. The van der Waals surface area contributed by atoms with Gasteiger partial charge in [0.05, 0.1) is 10.9 Å². The zero-order valence-corrected chi connectivity index (χ0v) is 11.2. The highest BCUT2D eigenvalue weighted by molar-refractivity contribution is 7.13. The van der Waals surface area contributed by atoms with E-state index in [9.17, 15) is 9.59 Å². The van der Waals surface area contributed by atoms with Crippen LogP contribution in [-0.4, -0.2) is 10.9 Å². The van der Waals surface area contributed by atoms with Crippen molar-refractivity contribution in [3.8, 4) is 0 Å². The van der Waals surface area contributed by atoms with Crippen LogP contribution in [0.5, 0.6) is 0 Å². The van der Waals surface area contributed by atoms with Crippen LogP contribution in [0.4, 0.5) is 5.13 Å². The lowest BCUT2D eigenvalue weighted by Crippen LogP contribution is -2.13. The van der Waals surface area contributed by atoms with E-state index >= 15 is 0 Å². The van der Waals surface area contributed by atoms with Crippen molar-refractivity contribution in [3.63, 3.8) is 0 Å². The molecule has 0 aliphatic carbocycles. The fourth-order valence-electron chi connectivity index (χ4n) is 1.83. The number of hydrogen-bond acceptors (Lipinski definition) is 4. The molecule has 3 aromatic rings. The van der Waals surface area contributed by atoms with Crippen molar-refractivity contribution in [2.75, 3.05) is 5.32 Å². The van der Waals surface area contributed by atoms with E-state index in [1.165, 1.54) is 0 Å². The molecule has 1 aromatic heterocycles. The third-order valence-corrected chi connectivity index (χ3v) is 3.58. The Hall–Kier alpha value is -2.53. The Morgan fingerprint density at radius 2 is 1.70 bits per heavy atom. The molecule has 5 heteroatoms. The van der Waals surface area contributed by atoms with E-state index in [0.717, 1.165) is 11.3 Å². The van der Waals surface area contributed by atoms with Gasteiger partial charge >= 0.3 is 0 Å². The van der Waals surface area contributed by atoms with Crippen molar-refractivity contribution in [3.05, 3.63) is 69.7 Å². The van der Waals surface area contributed by atoms with Gasteiger partial charge in [-0.1, -0.05) is 41.7 Å². The summed E-state index contributed by atoms with van der Waals surface area (Å²) in [4.78, 5) is 28.2. The van der Waals surface area contributed by atoms with Crippen molar-refractivity contribution in [1.29, 1.82) is 0 Å². The van der Waals surface area contributed by atoms with Crippen LogP contribution in [0.15, 0.2) is 59.4 Å². The zero-order valence-electron chi connectivity index (χ0n) is 10.4. The maximum atomic E-state index is 12.0. The molecular formula is C15H10N2O2S. The topological polar surface area (TPSA) is 59.1 Å². The van der Waals surface area contributed by atoms with Crippen LogP contribution >= 0.6 is 11.3 Å². The first-order valence-electron chi connectivity index (χ1n) is 6.00. The lowest BCUT2D eigenvalue weighted by Gasteiger charge is -2.04. The highest BCUT2D eigenvalue weighted by Crippen LogP contribution is 2.15. The van der Waals surface area contributed by atoms with Crippen molar-refractivity contribution in [2.45, 2.75) is 0 Å². The molecule has 4 nitrogen and oxygen atoms in total. The number of fused-ring (bicyclic) bond motifs is 1. The lowest BCUT2D eigenvalue weighted by molar-refractivity contribution is 0.102. The van der Waals surface area contributed by atoms with E-state index in [4.69, 9.17) is 0 Å². The quantitative estimate of drug-likeness (QED) is 0.786. The van der Waals surface area contributed by atoms with Gasteiger partial charge in [0.1, 0.15) is 0 Å². The predicted octanol–water partition coefficient (Wildman–Crippen LogP) is 2.91.